The minimum absolute atomic E-state index is 0.137. The Hall–Kier alpha value is -3.05. The van der Waals surface area contributed by atoms with Gasteiger partial charge in [0.05, 0.1) is 0 Å². The fourth-order valence-corrected chi connectivity index (χ4v) is 2.04. The van der Waals surface area contributed by atoms with Crippen molar-refractivity contribution in [2.75, 3.05) is 19.0 Å². The van der Waals surface area contributed by atoms with E-state index in [1.54, 1.807) is 18.2 Å². The van der Waals surface area contributed by atoms with Gasteiger partial charge in [-0.15, -0.1) is 0 Å². The molecule has 0 unspecified atom stereocenters. The van der Waals surface area contributed by atoms with Gasteiger partial charge in [0.15, 0.2) is 5.78 Å². The molecule has 0 fully saturated rings. The molecule has 2 aromatic rings. The molecule has 0 aliphatic heterocycles. The lowest BCUT2D eigenvalue weighted by Crippen LogP contribution is -2.07. The minimum atomic E-state index is -0.368. The summed E-state index contributed by atoms with van der Waals surface area (Å²) in [4.78, 5) is 13.8. The molecular weight excluding hydrogens is 318 g/mol. The second kappa shape index (κ2) is 8.70. The Bertz CT molecular complexity index is 795. The molecule has 1 heterocycles. The average molecular weight is 339 g/mol. The molecule has 5 heteroatoms. The van der Waals surface area contributed by atoms with Crippen LogP contribution in [-0.2, 0) is 11.4 Å². The van der Waals surface area contributed by atoms with Gasteiger partial charge in [-0.05, 0) is 48.1 Å². The molecular formula is C20H21NO4. The molecule has 0 bridgehead atoms. The topological polar surface area (TPSA) is 73.9 Å². The number of carbonyl (C=O) groups excluding carboxylic acids is 1. The molecule has 0 aliphatic rings. The number of aliphatic hydroxyl groups excluding tert-OH is 2. The van der Waals surface area contributed by atoms with Crippen molar-refractivity contribution in [3.05, 3.63) is 77.5 Å². The highest BCUT2D eigenvalue weighted by molar-refractivity contribution is 6.02. The van der Waals surface area contributed by atoms with E-state index in [2.05, 4.69) is 0 Å². The molecule has 0 amide bonds. The van der Waals surface area contributed by atoms with Crippen molar-refractivity contribution in [3.8, 4) is 0 Å². The van der Waals surface area contributed by atoms with Gasteiger partial charge in [0, 0.05) is 25.9 Å². The van der Waals surface area contributed by atoms with Crippen molar-refractivity contribution in [2.45, 2.75) is 6.61 Å². The van der Waals surface area contributed by atoms with Gasteiger partial charge < -0.3 is 19.5 Å². The number of nitrogens with zero attached hydrogens (tertiary/aromatic N) is 1. The maximum Gasteiger partial charge on any atom is 0.182 e. The summed E-state index contributed by atoms with van der Waals surface area (Å²) < 4.78 is 5.23. The smallest absolute Gasteiger partial charge is 0.182 e. The van der Waals surface area contributed by atoms with Crippen LogP contribution in [0, 0.1) is 0 Å². The van der Waals surface area contributed by atoms with Gasteiger partial charge in [0.1, 0.15) is 23.9 Å². The zero-order valence-electron chi connectivity index (χ0n) is 14.2. The molecule has 5 nitrogen and oxygen atoms in total. The number of ketones is 1. The van der Waals surface area contributed by atoms with Gasteiger partial charge >= 0.3 is 0 Å². The average Bonchev–Trinajstić information content (AvgIpc) is 3.06. The largest absolute Gasteiger partial charge is 0.508 e. The molecule has 2 rings (SSSR count). The maximum atomic E-state index is 11.8. The lowest BCUT2D eigenvalue weighted by molar-refractivity contribution is -0.110. The van der Waals surface area contributed by atoms with Gasteiger partial charge in [-0.1, -0.05) is 18.2 Å². The Morgan fingerprint density at radius 3 is 2.40 bits per heavy atom. The summed E-state index contributed by atoms with van der Waals surface area (Å²) in [6, 6.07) is 11.1. The lowest BCUT2D eigenvalue weighted by atomic mass is 10.1. The van der Waals surface area contributed by atoms with E-state index in [1.165, 1.54) is 18.2 Å². The van der Waals surface area contributed by atoms with Crippen LogP contribution in [0.5, 0.6) is 0 Å². The third kappa shape index (κ3) is 5.82. The number of aliphatic hydroxyl groups is 2. The number of benzene rings is 1. The molecule has 25 heavy (non-hydrogen) atoms. The number of rotatable bonds is 7. The van der Waals surface area contributed by atoms with Gasteiger partial charge in [0.2, 0.25) is 0 Å². The van der Waals surface area contributed by atoms with Crippen LogP contribution in [0.25, 0.3) is 12.2 Å². The molecule has 0 radical (unpaired) electrons. The Morgan fingerprint density at radius 2 is 1.80 bits per heavy atom. The number of anilines is 1. The predicted molar refractivity (Wildman–Crippen MR) is 99.2 cm³/mol. The zero-order chi connectivity index (χ0) is 18.2. The van der Waals surface area contributed by atoms with E-state index < -0.39 is 0 Å². The number of hydrogen-bond acceptors (Lipinski definition) is 5. The SMILES string of the molecule is CN(C)c1ccc(/C=C/C(O)=C/C(=O)/C=C/c2ccc(CO)o2)cc1. The van der Waals surface area contributed by atoms with Crippen LogP contribution in [0.2, 0.25) is 0 Å². The molecule has 0 atom stereocenters. The molecule has 0 saturated carbocycles. The Kier molecular flexibility index (Phi) is 6.37. The Morgan fingerprint density at radius 1 is 1.08 bits per heavy atom. The molecule has 130 valence electrons. The third-order valence-electron chi connectivity index (χ3n) is 3.40. The van der Waals surface area contributed by atoms with E-state index in [9.17, 15) is 9.90 Å². The van der Waals surface area contributed by atoms with E-state index in [1.807, 2.05) is 43.3 Å². The summed E-state index contributed by atoms with van der Waals surface area (Å²) >= 11 is 0. The normalized spacial score (nSPS) is 12.2. The summed E-state index contributed by atoms with van der Waals surface area (Å²) in [7, 11) is 3.93. The van der Waals surface area contributed by atoms with Crippen molar-refractivity contribution >= 4 is 23.6 Å². The van der Waals surface area contributed by atoms with Gasteiger partial charge in [-0.25, -0.2) is 0 Å². The first kappa shape index (κ1) is 18.3. The Balaban J connectivity index is 1.96. The first-order valence-corrected chi connectivity index (χ1v) is 7.75. The van der Waals surface area contributed by atoms with Crippen LogP contribution in [0.4, 0.5) is 5.69 Å². The highest BCUT2D eigenvalue weighted by Crippen LogP contribution is 2.14. The van der Waals surface area contributed by atoms with Crippen molar-refractivity contribution < 1.29 is 19.4 Å². The fraction of sp³-hybridized carbons (Fsp3) is 0.150. The third-order valence-corrected chi connectivity index (χ3v) is 3.40. The molecule has 1 aromatic heterocycles. The predicted octanol–water partition coefficient (Wildman–Crippen LogP) is 3.58. The summed E-state index contributed by atoms with van der Waals surface area (Å²) in [6.45, 7) is -0.192. The summed E-state index contributed by atoms with van der Waals surface area (Å²) in [6.07, 6.45) is 7.08. The van der Waals surface area contributed by atoms with E-state index in [0.717, 1.165) is 17.3 Å². The van der Waals surface area contributed by atoms with Gasteiger partial charge in [0.25, 0.3) is 0 Å². The van der Waals surface area contributed by atoms with Crippen LogP contribution in [0.15, 0.2) is 64.8 Å². The van der Waals surface area contributed by atoms with E-state index in [-0.39, 0.29) is 18.1 Å². The van der Waals surface area contributed by atoms with Gasteiger partial charge in [-0.2, -0.15) is 0 Å². The first-order valence-electron chi connectivity index (χ1n) is 7.75. The second-order valence-corrected chi connectivity index (χ2v) is 5.59. The highest BCUT2D eigenvalue weighted by atomic mass is 16.4. The lowest BCUT2D eigenvalue weighted by Gasteiger charge is -2.11. The van der Waals surface area contributed by atoms with Crippen LogP contribution >= 0.6 is 0 Å². The van der Waals surface area contributed by atoms with E-state index in [4.69, 9.17) is 9.52 Å². The maximum absolute atomic E-state index is 11.8. The van der Waals surface area contributed by atoms with E-state index in [0.29, 0.717) is 11.5 Å². The van der Waals surface area contributed by atoms with E-state index >= 15 is 0 Å². The van der Waals surface area contributed by atoms with Crippen LogP contribution in [0.1, 0.15) is 17.1 Å². The molecule has 1 aromatic carbocycles. The van der Waals surface area contributed by atoms with Crippen LogP contribution in [0.3, 0.4) is 0 Å². The summed E-state index contributed by atoms with van der Waals surface area (Å²) in [5, 5.41) is 18.7. The highest BCUT2D eigenvalue weighted by Gasteiger charge is 1.99. The van der Waals surface area contributed by atoms with Crippen molar-refractivity contribution in [1.29, 1.82) is 0 Å². The van der Waals surface area contributed by atoms with Crippen molar-refractivity contribution in [1.82, 2.24) is 0 Å². The standard InChI is InChI=1S/C20H21NO4/c1-21(2)16-6-3-15(4-7-16)5-8-17(23)13-18(24)9-10-19-11-12-20(14-22)25-19/h3-13,22-23H,14H2,1-2H3/b8-5+,10-9+,17-13-. The number of furan rings is 1. The summed E-state index contributed by atoms with van der Waals surface area (Å²) in [5.41, 5.74) is 2.00. The van der Waals surface area contributed by atoms with Gasteiger partial charge in [-0.3, -0.25) is 4.79 Å². The Labute approximate surface area is 146 Å². The summed E-state index contributed by atoms with van der Waals surface area (Å²) in [5.74, 6) is 0.379. The monoisotopic (exact) mass is 339 g/mol. The van der Waals surface area contributed by atoms with Crippen molar-refractivity contribution in [2.24, 2.45) is 0 Å². The molecule has 2 N–H and O–H groups in total. The first-order chi connectivity index (χ1) is 12.0. The number of allylic oxidation sites excluding steroid dienone is 3. The molecule has 0 spiro atoms. The van der Waals surface area contributed by atoms with Crippen LogP contribution in [-0.4, -0.2) is 30.1 Å². The minimum Gasteiger partial charge on any atom is -0.508 e. The fourth-order valence-electron chi connectivity index (χ4n) is 2.04. The quantitative estimate of drug-likeness (QED) is 0.458. The molecule has 0 aliphatic carbocycles. The van der Waals surface area contributed by atoms with Crippen molar-refractivity contribution in [3.63, 3.8) is 0 Å². The number of hydrogen-bond donors (Lipinski definition) is 2. The number of carbonyl (C=O) groups is 1. The second-order valence-electron chi connectivity index (χ2n) is 5.59. The molecule has 0 saturated heterocycles. The van der Waals surface area contributed by atoms with Crippen LogP contribution < -0.4 is 4.90 Å². The zero-order valence-corrected chi connectivity index (χ0v) is 14.2.